The molecule has 1 aromatic carbocycles. The summed E-state index contributed by atoms with van der Waals surface area (Å²) in [5.41, 5.74) is 7.45. The predicted molar refractivity (Wildman–Crippen MR) is 70.8 cm³/mol. The lowest BCUT2D eigenvalue weighted by atomic mass is 10.1. The van der Waals surface area contributed by atoms with Crippen LogP contribution in [0.4, 0.5) is 5.69 Å². The molecule has 5 nitrogen and oxygen atoms in total. The molecule has 0 saturated carbocycles. The van der Waals surface area contributed by atoms with E-state index < -0.39 is 0 Å². The molecule has 0 atom stereocenters. The lowest BCUT2D eigenvalue weighted by molar-refractivity contribution is -0.123. The van der Waals surface area contributed by atoms with Crippen LogP contribution in [-0.2, 0) is 16.1 Å². The molecule has 0 fully saturated rings. The normalized spacial score (nSPS) is 9.28. The van der Waals surface area contributed by atoms with Crippen molar-refractivity contribution in [2.45, 2.75) is 26.8 Å². The highest BCUT2D eigenvalue weighted by molar-refractivity contribution is 5.76. The molecule has 4 N–H and O–H groups in total. The number of carbonyl (C=O) groups excluding carboxylic acids is 1. The van der Waals surface area contributed by atoms with Crippen LogP contribution in [0.1, 0.15) is 25.8 Å². The maximum absolute atomic E-state index is 11.4. The summed E-state index contributed by atoms with van der Waals surface area (Å²) in [7, 11) is 0. The van der Waals surface area contributed by atoms with Crippen LogP contribution >= 0.6 is 0 Å². The molecule has 0 spiro atoms. The molecule has 0 bridgehead atoms. The van der Waals surface area contributed by atoms with Gasteiger partial charge in [0.25, 0.3) is 6.47 Å². The molecule has 1 aromatic rings. The summed E-state index contributed by atoms with van der Waals surface area (Å²) in [6, 6.07) is 7.56. The molecule has 0 unspecified atom stereocenters. The zero-order valence-electron chi connectivity index (χ0n) is 10.7. The third-order valence-electron chi connectivity index (χ3n) is 2.12. The van der Waals surface area contributed by atoms with Gasteiger partial charge in [-0.1, -0.05) is 32.0 Å². The summed E-state index contributed by atoms with van der Waals surface area (Å²) in [6.45, 7) is 4.31. The number of hydrogen-bond donors (Lipinski definition) is 3. The van der Waals surface area contributed by atoms with Gasteiger partial charge in [0.2, 0.25) is 5.91 Å². The number of hydrogen-bond acceptors (Lipinski definition) is 3. The number of carboxylic acid groups (broad SMARTS) is 1. The maximum Gasteiger partial charge on any atom is 0.290 e. The zero-order chi connectivity index (χ0) is 14.0. The van der Waals surface area contributed by atoms with Gasteiger partial charge in [-0.3, -0.25) is 9.59 Å². The van der Waals surface area contributed by atoms with E-state index in [1.54, 1.807) is 0 Å². The molecular formula is C13H20N2O3. The van der Waals surface area contributed by atoms with Crippen molar-refractivity contribution in [3.8, 4) is 0 Å². The minimum absolute atomic E-state index is 0.0771. The molecule has 100 valence electrons. The second-order valence-electron chi connectivity index (χ2n) is 4.18. The van der Waals surface area contributed by atoms with Crippen LogP contribution in [0.15, 0.2) is 24.3 Å². The van der Waals surface area contributed by atoms with Crippen molar-refractivity contribution >= 4 is 18.1 Å². The molecule has 1 rings (SSSR count). The van der Waals surface area contributed by atoms with Gasteiger partial charge in [-0.15, -0.1) is 0 Å². The molecule has 18 heavy (non-hydrogen) atoms. The average molecular weight is 252 g/mol. The van der Waals surface area contributed by atoms with Gasteiger partial charge in [0, 0.05) is 18.7 Å². The van der Waals surface area contributed by atoms with Gasteiger partial charge in [-0.2, -0.15) is 0 Å². The number of nitrogens with one attached hydrogen (secondary N) is 1. The van der Waals surface area contributed by atoms with E-state index in [2.05, 4.69) is 5.32 Å². The van der Waals surface area contributed by atoms with Gasteiger partial charge in [0.1, 0.15) is 0 Å². The molecule has 1 amide bonds. The Morgan fingerprint density at radius 2 is 2.00 bits per heavy atom. The number of anilines is 1. The molecule has 0 radical (unpaired) electrons. The Kier molecular flexibility index (Phi) is 8.01. The lowest BCUT2D eigenvalue weighted by Gasteiger charge is -2.08. The summed E-state index contributed by atoms with van der Waals surface area (Å²) in [5, 5.41) is 9.74. The average Bonchev–Trinajstić information content (AvgIpc) is 2.28. The van der Waals surface area contributed by atoms with Gasteiger partial charge in [-0.05, 0) is 17.5 Å². The van der Waals surface area contributed by atoms with Crippen molar-refractivity contribution in [3.05, 3.63) is 29.8 Å². The number of nitrogens with two attached hydrogens (primary N) is 1. The molecule has 0 aromatic heterocycles. The monoisotopic (exact) mass is 252 g/mol. The predicted octanol–water partition coefficient (Wildman–Crippen LogP) is 1.63. The standard InChI is InChI=1S/C12H18N2O.CH2O2/c1-9(2)7-12(15)14-8-10-5-3-4-6-11(10)13;2-1-3/h3-6,9H,7-8,13H2,1-2H3,(H,14,15);1H,(H,2,3). The third-order valence-corrected chi connectivity index (χ3v) is 2.12. The summed E-state index contributed by atoms with van der Waals surface area (Å²) >= 11 is 0. The van der Waals surface area contributed by atoms with Crippen LogP contribution in [0, 0.1) is 5.92 Å². The highest BCUT2D eigenvalue weighted by Gasteiger charge is 2.04. The quantitative estimate of drug-likeness (QED) is 0.561. The number of rotatable bonds is 4. The number of nitrogen functional groups attached to an aromatic ring is 1. The third kappa shape index (κ3) is 7.27. The number of para-hydroxylation sites is 1. The Morgan fingerprint density at radius 3 is 2.50 bits per heavy atom. The van der Waals surface area contributed by atoms with E-state index in [1.807, 2.05) is 38.1 Å². The van der Waals surface area contributed by atoms with Crippen molar-refractivity contribution in [1.82, 2.24) is 5.32 Å². The minimum Gasteiger partial charge on any atom is -0.483 e. The van der Waals surface area contributed by atoms with E-state index in [1.165, 1.54) is 0 Å². The summed E-state index contributed by atoms with van der Waals surface area (Å²) in [4.78, 5) is 19.7. The molecule has 5 heteroatoms. The first-order valence-electron chi connectivity index (χ1n) is 5.69. The van der Waals surface area contributed by atoms with E-state index in [0.29, 0.717) is 18.9 Å². The minimum atomic E-state index is -0.250. The smallest absolute Gasteiger partial charge is 0.290 e. The molecule has 0 aliphatic carbocycles. The van der Waals surface area contributed by atoms with Crippen LogP contribution in [0.3, 0.4) is 0 Å². The summed E-state index contributed by atoms with van der Waals surface area (Å²) < 4.78 is 0. The second-order valence-corrected chi connectivity index (χ2v) is 4.18. The van der Waals surface area contributed by atoms with E-state index >= 15 is 0 Å². The maximum atomic E-state index is 11.4. The molecule has 0 aliphatic heterocycles. The molecule has 0 heterocycles. The Labute approximate surface area is 107 Å². The van der Waals surface area contributed by atoms with Crippen LogP contribution in [0.25, 0.3) is 0 Å². The van der Waals surface area contributed by atoms with Crippen LogP contribution < -0.4 is 11.1 Å². The van der Waals surface area contributed by atoms with Gasteiger partial charge in [-0.25, -0.2) is 0 Å². The largest absolute Gasteiger partial charge is 0.483 e. The van der Waals surface area contributed by atoms with Crippen LogP contribution in [0.5, 0.6) is 0 Å². The Bertz CT molecular complexity index is 378. The fourth-order valence-electron chi connectivity index (χ4n) is 1.33. The van der Waals surface area contributed by atoms with E-state index in [9.17, 15) is 4.79 Å². The van der Waals surface area contributed by atoms with Gasteiger partial charge >= 0.3 is 0 Å². The lowest BCUT2D eigenvalue weighted by Crippen LogP contribution is -2.24. The first-order valence-corrected chi connectivity index (χ1v) is 5.69. The van der Waals surface area contributed by atoms with Crippen molar-refractivity contribution in [2.24, 2.45) is 5.92 Å². The zero-order valence-corrected chi connectivity index (χ0v) is 10.7. The number of benzene rings is 1. The highest BCUT2D eigenvalue weighted by atomic mass is 16.3. The van der Waals surface area contributed by atoms with Crippen molar-refractivity contribution < 1.29 is 14.7 Å². The van der Waals surface area contributed by atoms with Crippen molar-refractivity contribution in [3.63, 3.8) is 0 Å². The number of amides is 1. The van der Waals surface area contributed by atoms with Crippen molar-refractivity contribution in [1.29, 1.82) is 0 Å². The first-order chi connectivity index (χ1) is 8.51. The first kappa shape index (κ1) is 16.0. The van der Waals surface area contributed by atoms with Crippen LogP contribution in [-0.4, -0.2) is 17.5 Å². The topological polar surface area (TPSA) is 92.4 Å². The van der Waals surface area contributed by atoms with E-state index in [0.717, 1.165) is 11.3 Å². The van der Waals surface area contributed by atoms with E-state index in [-0.39, 0.29) is 12.4 Å². The molecular weight excluding hydrogens is 232 g/mol. The van der Waals surface area contributed by atoms with Crippen LogP contribution in [0.2, 0.25) is 0 Å². The Hall–Kier alpha value is -2.04. The summed E-state index contributed by atoms with van der Waals surface area (Å²) in [5.74, 6) is 0.464. The summed E-state index contributed by atoms with van der Waals surface area (Å²) in [6.07, 6.45) is 0.562. The fourth-order valence-corrected chi connectivity index (χ4v) is 1.33. The molecule has 0 aliphatic rings. The highest BCUT2D eigenvalue weighted by Crippen LogP contribution is 2.09. The SMILES string of the molecule is CC(C)CC(=O)NCc1ccccc1N.O=CO. The Morgan fingerprint density at radius 1 is 1.44 bits per heavy atom. The van der Waals surface area contributed by atoms with Gasteiger partial charge in [0.15, 0.2) is 0 Å². The van der Waals surface area contributed by atoms with Crippen molar-refractivity contribution in [2.75, 3.05) is 5.73 Å². The fraction of sp³-hybridized carbons (Fsp3) is 0.385. The van der Waals surface area contributed by atoms with E-state index in [4.69, 9.17) is 15.6 Å². The number of carbonyl (C=O) groups is 2. The van der Waals surface area contributed by atoms with Gasteiger partial charge < -0.3 is 16.2 Å². The Balaban J connectivity index is 0.000000873. The molecule has 0 saturated heterocycles. The second kappa shape index (κ2) is 9.04. The van der Waals surface area contributed by atoms with Gasteiger partial charge in [0.05, 0.1) is 0 Å².